The molecular weight excluding hydrogens is 388 g/mol. The average molecular weight is 419 g/mol. The van der Waals surface area contributed by atoms with Crippen molar-refractivity contribution in [2.24, 2.45) is 0 Å². The highest BCUT2D eigenvalue weighted by atomic mass is 32.1. The summed E-state index contributed by atoms with van der Waals surface area (Å²) >= 11 is 1.91. The number of aryl methyl sites for hydroxylation is 2. The van der Waals surface area contributed by atoms with Gasteiger partial charge in [-0.05, 0) is 60.6 Å². The van der Waals surface area contributed by atoms with Crippen molar-refractivity contribution >= 4 is 22.9 Å². The highest BCUT2D eigenvalue weighted by molar-refractivity contribution is 7.12. The van der Waals surface area contributed by atoms with Crippen molar-refractivity contribution in [3.8, 4) is 0 Å². The summed E-state index contributed by atoms with van der Waals surface area (Å²) in [5, 5.41) is 3.11. The van der Waals surface area contributed by atoms with Crippen molar-refractivity contribution in [3.05, 3.63) is 86.6 Å². The number of amides is 1. The summed E-state index contributed by atoms with van der Waals surface area (Å²) in [4.78, 5) is 18.1. The van der Waals surface area contributed by atoms with Crippen LogP contribution in [0, 0.1) is 6.92 Å². The quantitative estimate of drug-likeness (QED) is 0.551. The molecular formula is C26H30N2OS. The second kappa shape index (κ2) is 9.15. The maximum absolute atomic E-state index is 12.9. The van der Waals surface area contributed by atoms with Gasteiger partial charge in [0.2, 0.25) is 5.91 Å². The number of carbonyl (C=O) groups excluding carboxylic acids is 1. The van der Waals surface area contributed by atoms with Crippen LogP contribution in [0.3, 0.4) is 0 Å². The lowest BCUT2D eigenvalue weighted by atomic mass is 9.91. The Labute approximate surface area is 183 Å². The molecule has 0 bridgehead atoms. The minimum atomic E-state index is 0.0524. The Hall–Kier alpha value is -2.43. The molecule has 1 aliphatic rings. The maximum Gasteiger partial charge on any atom is 0.238 e. The van der Waals surface area contributed by atoms with Crippen molar-refractivity contribution in [1.29, 1.82) is 0 Å². The van der Waals surface area contributed by atoms with Gasteiger partial charge >= 0.3 is 0 Å². The van der Waals surface area contributed by atoms with Crippen molar-refractivity contribution in [1.82, 2.24) is 4.90 Å². The molecule has 3 nitrogen and oxygen atoms in total. The van der Waals surface area contributed by atoms with E-state index in [2.05, 4.69) is 73.5 Å². The third kappa shape index (κ3) is 4.21. The molecule has 1 aliphatic heterocycles. The lowest BCUT2D eigenvalue weighted by Crippen LogP contribution is -2.40. The minimum absolute atomic E-state index is 0.0524. The van der Waals surface area contributed by atoms with E-state index in [4.69, 9.17) is 0 Å². The van der Waals surface area contributed by atoms with Gasteiger partial charge in [-0.2, -0.15) is 0 Å². The second-order valence-electron chi connectivity index (χ2n) is 7.97. The molecule has 30 heavy (non-hydrogen) atoms. The number of carbonyl (C=O) groups is 1. The van der Waals surface area contributed by atoms with Gasteiger partial charge in [0, 0.05) is 22.0 Å². The number of fused-ring (bicyclic) bond motifs is 1. The standard InChI is InChI=1S/C26H30N2OS/c1-4-19-10-9-13-21(16-19)27-24(29)17-28-15-14-23-22(5-2)18(3)30-26(23)25(28)20-11-7-6-8-12-20/h6-13,16,25H,4-5,14-15,17H2,1-3H3,(H,27,29)/t25-/m0/s1. The summed E-state index contributed by atoms with van der Waals surface area (Å²) in [6, 6.07) is 18.9. The Morgan fingerprint density at radius 1 is 1.10 bits per heavy atom. The van der Waals surface area contributed by atoms with Crippen LogP contribution in [0.4, 0.5) is 5.69 Å². The number of rotatable bonds is 6. The number of hydrogen-bond donors (Lipinski definition) is 1. The Bertz CT molecular complexity index is 1020. The van der Waals surface area contributed by atoms with Gasteiger partial charge < -0.3 is 5.32 Å². The van der Waals surface area contributed by atoms with Crippen LogP contribution in [0.15, 0.2) is 54.6 Å². The van der Waals surface area contributed by atoms with Crippen LogP contribution in [0.25, 0.3) is 0 Å². The van der Waals surface area contributed by atoms with E-state index in [1.165, 1.54) is 32.0 Å². The molecule has 156 valence electrons. The summed E-state index contributed by atoms with van der Waals surface area (Å²) in [5.74, 6) is 0.0524. The molecule has 0 fully saturated rings. The van der Waals surface area contributed by atoms with Crippen molar-refractivity contribution in [3.63, 3.8) is 0 Å². The van der Waals surface area contributed by atoms with Crippen LogP contribution in [0.5, 0.6) is 0 Å². The average Bonchev–Trinajstić information content (AvgIpc) is 3.09. The first-order chi connectivity index (χ1) is 14.6. The third-order valence-electron chi connectivity index (χ3n) is 6.05. The first-order valence-corrected chi connectivity index (χ1v) is 11.7. The minimum Gasteiger partial charge on any atom is -0.325 e. The molecule has 1 aromatic heterocycles. The molecule has 2 heterocycles. The summed E-state index contributed by atoms with van der Waals surface area (Å²) in [5.41, 5.74) is 6.41. The zero-order chi connectivity index (χ0) is 21.1. The van der Waals surface area contributed by atoms with Crippen LogP contribution in [0.1, 0.15) is 51.9 Å². The lowest BCUT2D eigenvalue weighted by Gasteiger charge is -2.36. The normalized spacial score (nSPS) is 16.3. The third-order valence-corrected chi connectivity index (χ3v) is 7.29. The molecule has 1 amide bonds. The number of anilines is 1. The van der Waals surface area contributed by atoms with Gasteiger partial charge in [0.1, 0.15) is 0 Å². The van der Waals surface area contributed by atoms with E-state index in [9.17, 15) is 4.79 Å². The van der Waals surface area contributed by atoms with Gasteiger partial charge in [-0.25, -0.2) is 0 Å². The molecule has 2 aromatic carbocycles. The Morgan fingerprint density at radius 2 is 1.90 bits per heavy atom. The summed E-state index contributed by atoms with van der Waals surface area (Å²) < 4.78 is 0. The summed E-state index contributed by atoms with van der Waals surface area (Å²) in [6.45, 7) is 7.91. The SMILES string of the molecule is CCc1cccc(NC(=O)CN2CCc3c(sc(C)c3CC)[C@@H]2c2ccccc2)c1. The number of nitrogens with one attached hydrogen (secondary N) is 1. The molecule has 0 radical (unpaired) electrons. The number of thiophene rings is 1. The zero-order valence-corrected chi connectivity index (χ0v) is 18.9. The van der Waals surface area contributed by atoms with Crippen molar-refractivity contribution < 1.29 is 4.79 Å². The molecule has 0 unspecified atom stereocenters. The van der Waals surface area contributed by atoms with Crippen LogP contribution in [-0.2, 0) is 24.1 Å². The van der Waals surface area contributed by atoms with Gasteiger partial charge in [0.25, 0.3) is 0 Å². The monoisotopic (exact) mass is 418 g/mol. The lowest BCUT2D eigenvalue weighted by molar-refractivity contribution is -0.117. The molecule has 0 saturated heterocycles. The first kappa shape index (κ1) is 20.8. The number of nitrogens with zero attached hydrogens (tertiary/aromatic N) is 1. The van der Waals surface area contributed by atoms with Gasteiger partial charge in [-0.1, -0.05) is 56.3 Å². The molecule has 3 aromatic rings. The van der Waals surface area contributed by atoms with E-state index in [0.717, 1.165) is 31.5 Å². The number of benzene rings is 2. The van der Waals surface area contributed by atoms with Crippen LogP contribution < -0.4 is 5.32 Å². The molecule has 1 N–H and O–H groups in total. The van der Waals surface area contributed by atoms with Crippen molar-refractivity contribution in [2.75, 3.05) is 18.4 Å². The second-order valence-corrected chi connectivity index (χ2v) is 9.23. The highest BCUT2D eigenvalue weighted by Crippen LogP contribution is 2.42. The predicted molar refractivity (Wildman–Crippen MR) is 126 cm³/mol. The molecule has 0 saturated carbocycles. The van der Waals surface area contributed by atoms with Crippen LogP contribution in [-0.4, -0.2) is 23.9 Å². The fourth-order valence-electron chi connectivity index (χ4n) is 4.58. The maximum atomic E-state index is 12.9. The van der Waals surface area contributed by atoms with Gasteiger partial charge in [-0.3, -0.25) is 9.69 Å². The Morgan fingerprint density at radius 3 is 2.63 bits per heavy atom. The zero-order valence-electron chi connectivity index (χ0n) is 18.1. The molecule has 1 atom stereocenters. The van der Waals surface area contributed by atoms with E-state index in [-0.39, 0.29) is 11.9 Å². The van der Waals surface area contributed by atoms with E-state index >= 15 is 0 Å². The molecule has 4 heteroatoms. The van der Waals surface area contributed by atoms with Gasteiger partial charge in [0.05, 0.1) is 12.6 Å². The topological polar surface area (TPSA) is 32.3 Å². The smallest absolute Gasteiger partial charge is 0.238 e. The van der Waals surface area contributed by atoms with E-state index in [1.54, 1.807) is 0 Å². The predicted octanol–water partition coefficient (Wildman–Crippen LogP) is 5.77. The van der Waals surface area contributed by atoms with Crippen LogP contribution in [0.2, 0.25) is 0 Å². The number of hydrogen-bond acceptors (Lipinski definition) is 3. The van der Waals surface area contributed by atoms with Crippen LogP contribution >= 0.6 is 11.3 Å². The highest BCUT2D eigenvalue weighted by Gasteiger charge is 2.33. The van der Waals surface area contributed by atoms with E-state index in [0.29, 0.717) is 6.54 Å². The van der Waals surface area contributed by atoms with Gasteiger partial charge in [-0.15, -0.1) is 11.3 Å². The summed E-state index contributed by atoms with van der Waals surface area (Å²) in [6.07, 6.45) is 3.06. The van der Waals surface area contributed by atoms with Crippen molar-refractivity contribution in [2.45, 2.75) is 46.1 Å². The van der Waals surface area contributed by atoms with E-state index < -0.39 is 0 Å². The van der Waals surface area contributed by atoms with E-state index in [1.807, 2.05) is 23.5 Å². The largest absolute Gasteiger partial charge is 0.325 e. The first-order valence-electron chi connectivity index (χ1n) is 10.9. The fourth-order valence-corrected chi connectivity index (χ4v) is 6.04. The Balaban J connectivity index is 1.60. The molecule has 4 rings (SSSR count). The molecule has 0 aliphatic carbocycles. The summed E-state index contributed by atoms with van der Waals surface area (Å²) in [7, 11) is 0. The van der Waals surface area contributed by atoms with Gasteiger partial charge in [0.15, 0.2) is 0 Å². The Kier molecular flexibility index (Phi) is 6.35. The molecule has 0 spiro atoms. The fraction of sp³-hybridized carbons (Fsp3) is 0.346.